The van der Waals surface area contributed by atoms with E-state index in [1.54, 1.807) is 46.6 Å². The molecule has 0 aromatic heterocycles. The van der Waals surface area contributed by atoms with Gasteiger partial charge < -0.3 is 9.64 Å². The third kappa shape index (κ3) is 4.87. The topological polar surface area (TPSA) is 66.9 Å². The molecule has 0 bridgehead atoms. The lowest BCUT2D eigenvalue weighted by Gasteiger charge is -2.39. The first-order valence-electron chi connectivity index (χ1n) is 11.2. The lowest BCUT2D eigenvalue weighted by Crippen LogP contribution is -2.51. The van der Waals surface area contributed by atoms with Gasteiger partial charge in [-0.05, 0) is 68.5 Å². The van der Waals surface area contributed by atoms with Crippen LogP contribution in [0.1, 0.15) is 48.9 Å². The molecule has 4 rings (SSSR count). The molecule has 2 atom stereocenters. The zero-order valence-electron chi connectivity index (χ0n) is 18.2. The van der Waals surface area contributed by atoms with E-state index in [-0.39, 0.29) is 18.1 Å². The summed E-state index contributed by atoms with van der Waals surface area (Å²) in [5.41, 5.74) is 0.530. The van der Waals surface area contributed by atoms with Gasteiger partial charge in [0.15, 0.2) is 0 Å². The van der Waals surface area contributed by atoms with Gasteiger partial charge in [-0.3, -0.25) is 4.79 Å². The van der Waals surface area contributed by atoms with Crippen LogP contribution in [0.25, 0.3) is 0 Å². The summed E-state index contributed by atoms with van der Waals surface area (Å²) >= 11 is 3.39. The fourth-order valence-electron chi connectivity index (χ4n) is 4.58. The summed E-state index contributed by atoms with van der Waals surface area (Å²) in [4.78, 5) is 15.0. The summed E-state index contributed by atoms with van der Waals surface area (Å²) in [6, 6.07) is 13.8. The van der Waals surface area contributed by atoms with E-state index in [9.17, 15) is 13.2 Å². The van der Waals surface area contributed by atoms with Gasteiger partial charge in [0, 0.05) is 24.6 Å². The molecule has 2 aromatic rings. The first-order chi connectivity index (χ1) is 15.4. The summed E-state index contributed by atoms with van der Waals surface area (Å²) in [6.07, 6.45) is 4.55. The highest BCUT2D eigenvalue weighted by Gasteiger charge is 2.39. The molecule has 0 saturated heterocycles. The van der Waals surface area contributed by atoms with Crippen LogP contribution in [0.3, 0.4) is 0 Å². The van der Waals surface area contributed by atoms with Gasteiger partial charge in [0.25, 0.3) is 5.91 Å². The first kappa shape index (κ1) is 23.3. The Labute approximate surface area is 198 Å². The van der Waals surface area contributed by atoms with Crippen molar-refractivity contribution in [3.63, 3.8) is 0 Å². The minimum Gasteiger partial charge on any atom is -0.488 e. The quantitative estimate of drug-likeness (QED) is 0.575. The standard InChI is InChI=1S/C24H29BrN2O4S/c1-26-16-6-7-17-27(32(29,30)19-14-12-18(25)13-15-19)21-9-3-5-11-23(21)31-22-10-4-2-8-20(22)24(26)28/h2,4,8,10,12-15,21,23H,3,5-7,9,11,16-17H2,1H3/t21-,23+/m1/s1. The Hall–Kier alpha value is -1.90. The SMILES string of the molecule is CN1CCCCN(S(=O)(=O)c2ccc(Br)cc2)[C@@H]2CCCC[C@@H]2Oc2ccccc2C1=O. The van der Waals surface area contributed by atoms with Crippen LogP contribution in [-0.4, -0.2) is 55.8 Å². The van der Waals surface area contributed by atoms with E-state index in [2.05, 4.69) is 15.9 Å². The Kier molecular flexibility index (Phi) is 7.22. The van der Waals surface area contributed by atoms with Crippen LogP contribution in [0, 0.1) is 0 Å². The number of halogens is 1. The molecule has 0 unspecified atom stereocenters. The zero-order chi connectivity index (χ0) is 22.7. The van der Waals surface area contributed by atoms with Gasteiger partial charge in [-0.1, -0.05) is 34.5 Å². The lowest BCUT2D eigenvalue weighted by molar-refractivity contribution is 0.0658. The Morgan fingerprint density at radius 3 is 2.41 bits per heavy atom. The van der Waals surface area contributed by atoms with Crippen molar-refractivity contribution in [1.29, 1.82) is 0 Å². The van der Waals surface area contributed by atoms with Gasteiger partial charge in [0.05, 0.1) is 16.5 Å². The number of carbonyl (C=O) groups is 1. The molecule has 1 heterocycles. The van der Waals surface area contributed by atoms with Crippen molar-refractivity contribution >= 4 is 31.9 Å². The van der Waals surface area contributed by atoms with Crippen molar-refractivity contribution in [2.45, 2.75) is 55.6 Å². The molecule has 1 aliphatic carbocycles. The molecule has 0 N–H and O–H groups in total. The molecular formula is C24H29BrN2O4S. The van der Waals surface area contributed by atoms with E-state index in [1.807, 2.05) is 18.2 Å². The smallest absolute Gasteiger partial charge is 0.257 e. The van der Waals surface area contributed by atoms with Crippen molar-refractivity contribution in [3.8, 4) is 5.75 Å². The Bertz CT molecular complexity index is 1060. The molecule has 0 spiro atoms. The Morgan fingerprint density at radius 2 is 1.62 bits per heavy atom. The van der Waals surface area contributed by atoms with Crippen molar-refractivity contribution in [2.75, 3.05) is 20.1 Å². The van der Waals surface area contributed by atoms with Gasteiger partial charge >= 0.3 is 0 Å². The predicted octanol–water partition coefficient (Wildman–Crippen LogP) is 4.70. The van der Waals surface area contributed by atoms with Crippen LogP contribution in [0.4, 0.5) is 0 Å². The maximum Gasteiger partial charge on any atom is 0.257 e. The largest absolute Gasteiger partial charge is 0.488 e. The normalized spacial score (nSPS) is 23.3. The summed E-state index contributed by atoms with van der Waals surface area (Å²) in [5, 5.41) is 0. The second-order valence-electron chi connectivity index (χ2n) is 8.51. The maximum absolute atomic E-state index is 13.7. The van der Waals surface area contributed by atoms with Gasteiger partial charge in [-0.15, -0.1) is 0 Å². The first-order valence-corrected chi connectivity index (χ1v) is 13.4. The number of para-hydroxylation sites is 1. The number of rotatable bonds is 2. The van der Waals surface area contributed by atoms with Gasteiger partial charge in [-0.2, -0.15) is 4.31 Å². The molecule has 2 aromatic carbocycles. The van der Waals surface area contributed by atoms with E-state index in [0.717, 1.165) is 36.6 Å². The number of carbonyl (C=O) groups excluding carboxylic acids is 1. The van der Waals surface area contributed by atoms with Crippen LogP contribution in [0.5, 0.6) is 5.75 Å². The number of hydrogen-bond donors (Lipinski definition) is 0. The second-order valence-corrected chi connectivity index (χ2v) is 11.3. The predicted molar refractivity (Wildman–Crippen MR) is 127 cm³/mol. The Morgan fingerprint density at radius 1 is 0.938 bits per heavy atom. The average molecular weight is 521 g/mol. The number of ether oxygens (including phenoxy) is 1. The fraction of sp³-hybridized carbons (Fsp3) is 0.458. The average Bonchev–Trinajstić information content (AvgIpc) is 2.79. The molecule has 8 heteroatoms. The molecule has 6 nitrogen and oxygen atoms in total. The number of hydrogen-bond acceptors (Lipinski definition) is 4. The van der Waals surface area contributed by atoms with Crippen molar-refractivity contribution in [1.82, 2.24) is 9.21 Å². The number of nitrogens with zero attached hydrogens (tertiary/aromatic N) is 2. The van der Waals surface area contributed by atoms with Crippen molar-refractivity contribution in [2.24, 2.45) is 0 Å². The number of fused-ring (bicyclic) bond motifs is 2. The number of sulfonamides is 1. The fourth-order valence-corrected chi connectivity index (χ4v) is 6.57. The zero-order valence-corrected chi connectivity index (χ0v) is 20.6. The van der Waals surface area contributed by atoms with E-state index < -0.39 is 10.0 Å². The van der Waals surface area contributed by atoms with E-state index in [4.69, 9.17) is 4.74 Å². The van der Waals surface area contributed by atoms with Crippen molar-refractivity contribution in [3.05, 3.63) is 58.6 Å². The molecule has 1 fully saturated rings. The highest BCUT2D eigenvalue weighted by atomic mass is 79.9. The highest BCUT2D eigenvalue weighted by molar-refractivity contribution is 9.10. The van der Waals surface area contributed by atoms with E-state index >= 15 is 0 Å². The summed E-state index contributed by atoms with van der Waals surface area (Å²) in [7, 11) is -1.91. The van der Waals surface area contributed by atoms with Crippen LogP contribution < -0.4 is 4.74 Å². The molecule has 0 radical (unpaired) electrons. The molecule has 1 amide bonds. The maximum atomic E-state index is 13.7. The summed E-state index contributed by atoms with van der Waals surface area (Å²) < 4.78 is 36.4. The molecule has 1 aliphatic heterocycles. The molecular weight excluding hydrogens is 492 g/mol. The number of benzene rings is 2. The second kappa shape index (κ2) is 9.93. The van der Waals surface area contributed by atoms with E-state index in [1.165, 1.54) is 0 Å². The monoisotopic (exact) mass is 520 g/mol. The highest BCUT2D eigenvalue weighted by Crippen LogP contribution is 2.33. The Balaban J connectivity index is 1.74. The van der Waals surface area contributed by atoms with Crippen LogP contribution in [0.2, 0.25) is 0 Å². The number of amides is 1. The van der Waals surface area contributed by atoms with Crippen molar-refractivity contribution < 1.29 is 17.9 Å². The minimum absolute atomic E-state index is 0.0622. The molecule has 172 valence electrons. The van der Waals surface area contributed by atoms with Crippen LogP contribution >= 0.6 is 15.9 Å². The molecule has 2 aliphatic rings. The molecule has 1 saturated carbocycles. The third-order valence-corrected chi connectivity index (χ3v) is 8.79. The van der Waals surface area contributed by atoms with Gasteiger partial charge in [0.2, 0.25) is 10.0 Å². The summed E-state index contributed by atoms with van der Waals surface area (Å²) in [6.45, 7) is 0.972. The van der Waals surface area contributed by atoms with Crippen LogP contribution in [0.15, 0.2) is 57.9 Å². The lowest BCUT2D eigenvalue weighted by atomic mass is 9.92. The molecule has 32 heavy (non-hydrogen) atoms. The minimum atomic E-state index is -3.69. The third-order valence-electron chi connectivity index (χ3n) is 6.32. The van der Waals surface area contributed by atoms with Gasteiger partial charge in [-0.25, -0.2) is 8.42 Å². The van der Waals surface area contributed by atoms with Crippen LogP contribution in [-0.2, 0) is 10.0 Å². The van der Waals surface area contributed by atoms with Gasteiger partial charge in [0.1, 0.15) is 11.9 Å². The van der Waals surface area contributed by atoms with E-state index in [0.29, 0.717) is 35.7 Å². The summed E-state index contributed by atoms with van der Waals surface area (Å²) in [5.74, 6) is 0.468.